The van der Waals surface area contributed by atoms with Crippen LogP contribution in [0.25, 0.3) is 0 Å². The molecule has 3 heteroatoms. The fraction of sp³-hybridized carbons (Fsp3) is 0.625. The van der Waals surface area contributed by atoms with Gasteiger partial charge in [0.1, 0.15) is 12.9 Å². The van der Waals surface area contributed by atoms with Crippen molar-refractivity contribution < 1.29 is 9.30 Å². The molecule has 0 aliphatic carbocycles. The van der Waals surface area contributed by atoms with Gasteiger partial charge in [0.25, 0.3) is 0 Å². The van der Waals surface area contributed by atoms with Gasteiger partial charge >= 0.3 is 0 Å². The van der Waals surface area contributed by atoms with Crippen LogP contribution in [0.4, 0.5) is 0 Å². The number of fused-ring (bicyclic) bond motifs is 2. The summed E-state index contributed by atoms with van der Waals surface area (Å²) < 4.78 is 19.1. The van der Waals surface area contributed by atoms with E-state index in [2.05, 4.69) is 13.0 Å². The lowest BCUT2D eigenvalue weighted by Gasteiger charge is -2.24. The van der Waals surface area contributed by atoms with Crippen molar-refractivity contribution in [2.45, 2.75) is 56.8 Å². The molecule has 0 spiro atoms. The van der Waals surface area contributed by atoms with Gasteiger partial charge in [-0.25, -0.2) is 0 Å². The molecule has 2 atom stereocenters. The number of aryl methyl sites for hydroxylation is 1. The van der Waals surface area contributed by atoms with Crippen LogP contribution in [0.5, 0.6) is 5.75 Å². The first-order valence-corrected chi connectivity index (χ1v) is 9.25. The van der Waals surface area contributed by atoms with Gasteiger partial charge in [0.05, 0.1) is 7.11 Å². The quantitative estimate of drug-likeness (QED) is 0.761. The summed E-state index contributed by atoms with van der Waals surface area (Å²) in [5.74, 6) is 0.855. The summed E-state index contributed by atoms with van der Waals surface area (Å²) in [6, 6.07) is 6.19. The van der Waals surface area contributed by atoms with Crippen LogP contribution in [0, 0.1) is 6.92 Å². The lowest BCUT2D eigenvalue weighted by Crippen LogP contribution is -2.18. The highest BCUT2D eigenvalue weighted by Crippen LogP contribution is 2.66. The molecule has 0 N–H and O–H groups in total. The second kappa shape index (κ2) is 4.98. The predicted molar refractivity (Wildman–Crippen MR) is 80.2 cm³/mol. The highest BCUT2D eigenvalue weighted by atomic mass is 31.2. The van der Waals surface area contributed by atoms with E-state index in [9.17, 15) is 4.57 Å². The van der Waals surface area contributed by atoms with Crippen molar-refractivity contribution in [3.8, 4) is 5.75 Å². The smallest absolute Gasteiger partial charge is 0.121 e. The van der Waals surface area contributed by atoms with Crippen LogP contribution in [0.3, 0.4) is 0 Å². The first kappa shape index (κ1) is 13.2. The third kappa shape index (κ3) is 2.14. The third-order valence-electron chi connectivity index (χ3n) is 4.92. The zero-order chi connectivity index (χ0) is 13.5. The summed E-state index contributed by atoms with van der Waals surface area (Å²) in [5.41, 5.74) is 2.03. The van der Waals surface area contributed by atoms with E-state index in [1.54, 1.807) is 7.11 Å². The van der Waals surface area contributed by atoms with Crippen LogP contribution in [0.15, 0.2) is 18.2 Å². The molecular weight excluding hydrogens is 255 g/mol. The van der Waals surface area contributed by atoms with E-state index in [1.807, 2.05) is 12.1 Å². The van der Waals surface area contributed by atoms with Crippen LogP contribution < -0.4 is 10.0 Å². The van der Waals surface area contributed by atoms with E-state index in [0.29, 0.717) is 11.3 Å². The van der Waals surface area contributed by atoms with Crippen molar-refractivity contribution in [3.05, 3.63) is 23.8 Å². The largest absolute Gasteiger partial charge is 0.497 e. The molecule has 2 saturated heterocycles. The number of benzene rings is 1. The summed E-state index contributed by atoms with van der Waals surface area (Å²) in [5, 5.41) is 1.08. The average molecular weight is 278 g/mol. The Hall–Kier alpha value is -0.750. The van der Waals surface area contributed by atoms with Crippen LogP contribution in [-0.2, 0) is 4.57 Å². The number of methoxy groups -OCH3 is 1. The molecule has 2 bridgehead atoms. The van der Waals surface area contributed by atoms with Crippen molar-refractivity contribution in [1.29, 1.82) is 0 Å². The number of rotatable bonds is 2. The summed E-state index contributed by atoms with van der Waals surface area (Å²) in [6.07, 6.45) is 7.16. The lowest BCUT2D eigenvalue weighted by molar-refractivity contribution is 0.415. The first-order valence-electron chi connectivity index (χ1n) is 7.40. The van der Waals surface area contributed by atoms with Crippen LogP contribution in [0.2, 0.25) is 0 Å². The van der Waals surface area contributed by atoms with Crippen molar-refractivity contribution in [3.63, 3.8) is 0 Å². The molecule has 19 heavy (non-hydrogen) atoms. The first-order chi connectivity index (χ1) is 9.14. The maximum absolute atomic E-state index is 13.7. The average Bonchev–Trinajstić information content (AvgIpc) is 2.58. The molecule has 2 heterocycles. The molecule has 2 unspecified atom stereocenters. The molecule has 0 saturated carbocycles. The highest BCUT2D eigenvalue weighted by molar-refractivity contribution is 7.73. The molecule has 2 aliphatic rings. The summed E-state index contributed by atoms with van der Waals surface area (Å²) in [4.78, 5) is 0. The fourth-order valence-electron chi connectivity index (χ4n) is 3.97. The highest BCUT2D eigenvalue weighted by Gasteiger charge is 2.47. The van der Waals surface area contributed by atoms with Crippen molar-refractivity contribution in [2.75, 3.05) is 7.11 Å². The molecule has 0 amide bonds. The number of hydrogen-bond donors (Lipinski definition) is 0. The van der Waals surface area contributed by atoms with Gasteiger partial charge in [-0.2, -0.15) is 0 Å². The van der Waals surface area contributed by atoms with Crippen molar-refractivity contribution in [2.24, 2.45) is 0 Å². The van der Waals surface area contributed by atoms with E-state index in [-0.39, 0.29) is 0 Å². The van der Waals surface area contributed by atoms with E-state index in [0.717, 1.165) is 42.3 Å². The zero-order valence-electron chi connectivity index (χ0n) is 11.9. The Balaban J connectivity index is 2.09. The van der Waals surface area contributed by atoms with Gasteiger partial charge in [0.2, 0.25) is 0 Å². The minimum atomic E-state index is -2.23. The lowest BCUT2D eigenvalue weighted by atomic mass is 10.0. The van der Waals surface area contributed by atoms with E-state index < -0.39 is 7.14 Å². The predicted octanol–water partition coefficient (Wildman–Crippen LogP) is 4.10. The van der Waals surface area contributed by atoms with E-state index >= 15 is 0 Å². The number of ether oxygens (including phenoxy) is 1. The molecular formula is C16H23O2P. The van der Waals surface area contributed by atoms with E-state index in [1.165, 1.54) is 12.8 Å². The Labute approximate surface area is 115 Å². The normalized spacial score (nSPS) is 34.0. The minimum Gasteiger partial charge on any atom is -0.497 e. The second-order valence-corrected chi connectivity index (χ2v) is 9.48. The Morgan fingerprint density at radius 2 is 1.68 bits per heavy atom. The molecule has 0 aromatic heterocycles. The van der Waals surface area contributed by atoms with Gasteiger partial charge in [-0.3, -0.25) is 0 Å². The maximum atomic E-state index is 13.7. The van der Waals surface area contributed by atoms with Crippen molar-refractivity contribution in [1.82, 2.24) is 0 Å². The fourth-order valence-corrected chi connectivity index (χ4v) is 8.34. The Bertz CT molecular complexity index is 505. The van der Waals surface area contributed by atoms with Gasteiger partial charge in [0, 0.05) is 16.6 Å². The molecule has 2 nitrogen and oxygen atoms in total. The number of hydrogen-bond acceptors (Lipinski definition) is 2. The van der Waals surface area contributed by atoms with Gasteiger partial charge in [-0.05, 0) is 56.4 Å². The third-order valence-corrected chi connectivity index (χ3v) is 9.19. The Morgan fingerprint density at radius 3 is 2.26 bits per heavy atom. The molecule has 1 aromatic rings. The van der Waals surface area contributed by atoms with Gasteiger partial charge in [0.15, 0.2) is 0 Å². The minimum absolute atomic E-state index is 0.437. The van der Waals surface area contributed by atoms with Gasteiger partial charge < -0.3 is 9.30 Å². The maximum Gasteiger partial charge on any atom is 0.121 e. The van der Waals surface area contributed by atoms with Gasteiger partial charge in [-0.1, -0.05) is 12.8 Å². The SMILES string of the molecule is COc1cc(C)cc(P2(=O)C3CCCCC2CC3)c1. The van der Waals surface area contributed by atoms with E-state index in [4.69, 9.17) is 4.74 Å². The summed E-state index contributed by atoms with van der Waals surface area (Å²) in [6.45, 7) is 2.07. The molecule has 1 aromatic carbocycles. The van der Waals surface area contributed by atoms with Gasteiger partial charge in [-0.15, -0.1) is 0 Å². The monoisotopic (exact) mass is 278 g/mol. The molecule has 2 aliphatic heterocycles. The topological polar surface area (TPSA) is 26.3 Å². The molecule has 3 rings (SSSR count). The second-order valence-electron chi connectivity index (χ2n) is 6.09. The molecule has 104 valence electrons. The van der Waals surface area contributed by atoms with Crippen LogP contribution in [0.1, 0.15) is 44.1 Å². The van der Waals surface area contributed by atoms with Crippen LogP contribution in [-0.4, -0.2) is 18.4 Å². The molecule has 0 radical (unpaired) electrons. The summed E-state index contributed by atoms with van der Waals surface area (Å²) in [7, 11) is -0.537. The van der Waals surface area contributed by atoms with Crippen LogP contribution >= 0.6 is 7.14 Å². The standard InChI is InChI=1S/C16H23O2P/c1-12-9-13(18-2)11-16(10-12)19(17)14-5-3-4-6-15(19)8-7-14/h9-11,14-15H,3-8H2,1-2H3. The van der Waals surface area contributed by atoms with Crippen molar-refractivity contribution >= 4 is 12.4 Å². The summed E-state index contributed by atoms with van der Waals surface area (Å²) >= 11 is 0. The Morgan fingerprint density at radius 1 is 1.05 bits per heavy atom. The zero-order valence-corrected chi connectivity index (χ0v) is 12.8. The Kier molecular flexibility index (Phi) is 3.47. The molecule has 2 fully saturated rings.